The number of nitrogens with one attached hydrogen (secondary N) is 1. The summed E-state index contributed by atoms with van der Waals surface area (Å²) in [6.45, 7) is 8.44. The van der Waals surface area contributed by atoms with Crippen LogP contribution in [0.15, 0.2) is 47.1 Å². The quantitative estimate of drug-likeness (QED) is 0.580. The van der Waals surface area contributed by atoms with Gasteiger partial charge in [-0.3, -0.25) is 4.68 Å². The summed E-state index contributed by atoms with van der Waals surface area (Å²) < 4.78 is 7.57. The lowest BCUT2D eigenvalue weighted by atomic mass is 10.1. The lowest BCUT2D eigenvalue weighted by Crippen LogP contribution is -2.24. The third kappa shape index (κ3) is 2.42. The third-order valence-corrected chi connectivity index (χ3v) is 4.00. The Morgan fingerprint density at radius 2 is 1.96 bits per heavy atom. The number of aromatic amines is 1. The van der Waals surface area contributed by atoms with Crippen molar-refractivity contribution in [2.75, 3.05) is 0 Å². The highest BCUT2D eigenvalue weighted by Gasteiger charge is 2.23. The Balaban J connectivity index is 1.88. The summed E-state index contributed by atoms with van der Waals surface area (Å²) in [5, 5.41) is 4.79. The van der Waals surface area contributed by atoms with E-state index in [1.54, 1.807) is 6.26 Å². The maximum Gasteiger partial charge on any atom is 0.159 e. The summed E-state index contributed by atoms with van der Waals surface area (Å²) in [6.07, 6.45) is 1.68. The van der Waals surface area contributed by atoms with E-state index in [0.29, 0.717) is 0 Å². The van der Waals surface area contributed by atoms with Gasteiger partial charge in [-0.2, -0.15) is 5.10 Å². The van der Waals surface area contributed by atoms with Crippen LogP contribution in [0.5, 0.6) is 0 Å². The molecule has 0 aliphatic heterocycles. The van der Waals surface area contributed by atoms with Gasteiger partial charge in [0.05, 0.1) is 22.8 Å². The highest BCUT2D eigenvalue weighted by Crippen LogP contribution is 2.30. The molecular formula is C19H20N4O. The maximum atomic E-state index is 5.59. The number of H-pyrrole nitrogens is 1. The summed E-state index contributed by atoms with van der Waals surface area (Å²) in [4.78, 5) is 8.06. The van der Waals surface area contributed by atoms with Crippen molar-refractivity contribution < 1.29 is 4.42 Å². The van der Waals surface area contributed by atoms with Gasteiger partial charge >= 0.3 is 0 Å². The number of furan rings is 1. The summed E-state index contributed by atoms with van der Waals surface area (Å²) in [5.74, 6) is 1.57. The van der Waals surface area contributed by atoms with Gasteiger partial charge in [0.1, 0.15) is 11.4 Å². The van der Waals surface area contributed by atoms with Gasteiger partial charge in [0.15, 0.2) is 11.6 Å². The highest BCUT2D eigenvalue weighted by molar-refractivity contribution is 5.79. The molecule has 122 valence electrons. The predicted molar refractivity (Wildman–Crippen MR) is 94.7 cm³/mol. The SMILES string of the molecule is Cc1ccc2[nH]c(-c3cc(-c4ccco4)n(C(C)(C)C)n3)nc2c1. The minimum atomic E-state index is -0.164. The van der Waals surface area contributed by atoms with Crippen LogP contribution >= 0.6 is 0 Å². The first-order valence-electron chi connectivity index (χ1n) is 8.03. The fourth-order valence-electron chi connectivity index (χ4n) is 2.85. The van der Waals surface area contributed by atoms with E-state index in [4.69, 9.17) is 14.5 Å². The van der Waals surface area contributed by atoms with Crippen LogP contribution in [0.25, 0.3) is 34.0 Å². The average Bonchev–Trinajstić information content (AvgIpc) is 3.23. The summed E-state index contributed by atoms with van der Waals surface area (Å²) in [6, 6.07) is 12.1. The van der Waals surface area contributed by atoms with Crippen LogP contribution in [0.3, 0.4) is 0 Å². The topological polar surface area (TPSA) is 59.6 Å². The molecule has 0 amide bonds. The van der Waals surface area contributed by atoms with Gasteiger partial charge in [0.25, 0.3) is 0 Å². The summed E-state index contributed by atoms with van der Waals surface area (Å²) >= 11 is 0. The second-order valence-corrected chi connectivity index (χ2v) is 7.08. The van der Waals surface area contributed by atoms with Crippen LogP contribution in [0.1, 0.15) is 26.3 Å². The minimum Gasteiger partial charge on any atom is -0.463 e. The van der Waals surface area contributed by atoms with Crippen molar-refractivity contribution in [3.05, 3.63) is 48.2 Å². The highest BCUT2D eigenvalue weighted by atomic mass is 16.3. The lowest BCUT2D eigenvalue weighted by molar-refractivity contribution is 0.357. The molecule has 1 N–H and O–H groups in total. The fraction of sp³-hybridized carbons (Fsp3) is 0.263. The molecule has 5 nitrogen and oxygen atoms in total. The molecule has 0 fully saturated rings. The van der Waals surface area contributed by atoms with Crippen molar-refractivity contribution in [3.8, 4) is 23.0 Å². The van der Waals surface area contributed by atoms with Crippen LogP contribution in [0.2, 0.25) is 0 Å². The number of fused-ring (bicyclic) bond motifs is 1. The molecule has 0 unspecified atom stereocenters. The standard InChI is InChI=1S/C19H20N4O/c1-12-7-8-13-14(10-12)21-18(20-13)15-11-16(17-6-5-9-24-17)23(22-15)19(2,3)4/h5-11H,1-4H3,(H,20,21). The van der Waals surface area contributed by atoms with Crippen molar-refractivity contribution in [3.63, 3.8) is 0 Å². The normalized spacial score (nSPS) is 12.2. The zero-order chi connectivity index (χ0) is 16.9. The van der Waals surface area contributed by atoms with E-state index in [-0.39, 0.29) is 5.54 Å². The minimum absolute atomic E-state index is 0.164. The Morgan fingerprint density at radius 3 is 2.67 bits per heavy atom. The summed E-state index contributed by atoms with van der Waals surface area (Å²) in [7, 11) is 0. The van der Waals surface area contributed by atoms with E-state index in [0.717, 1.165) is 34.0 Å². The van der Waals surface area contributed by atoms with E-state index in [1.165, 1.54) is 5.56 Å². The number of nitrogens with zero attached hydrogens (tertiary/aromatic N) is 3. The predicted octanol–water partition coefficient (Wildman–Crippen LogP) is 4.75. The first kappa shape index (κ1) is 14.8. The van der Waals surface area contributed by atoms with Crippen LogP contribution in [-0.2, 0) is 5.54 Å². The van der Waals surface area contributed by atoms with Gasteiger partial charge in [-0.25, -0.2) is 4.98 Å². The van der Waals surface area contributed by atoms with E-state index in [2.05, 4.69) is 50.9 Å². The lowest BCUT2D eigenvalue weighted by Gasteiger charge is -2.21. The zero-order valence-electron chi connectivity index (χ0n) is 14.3. The number of imidazole rings is 1. The average molecular weight is 320 g/mol. The molecule has 0 aliphatic rings. The summed E-state index contributed by atoms with van der Waals surface area (Å²) in [5.41, 5.74) is 4.75. The van der Waals surface area contributed by atoms with Crippen LogP contribution < -0.4 is 0 Å². The molecule has 1 aromatic carbocycles. The van der Waals surface area contributed by atoms with E-state index in [1.807, 2.05) is 22.9 Å². The van der Waals surface area contributed by atoms with Gasteiger partial charge < -0.3 is 9.40 Å². The van der Waals surface area contributed by atoms with E-state index in [9.17, 15) is 0 Å². The number of rotatable bonds is 2. The molecule has 4 aromatic rings. The van der Waals surface area contributed by atoms with Gasteiger partial charge in [-0.1, -0.05) is 6.07 Å². The molecule has 0 radical (unpaired) electrons. The number of hydrogen-bond donors (Lipinski definition) is 1. The van der Waals surface area contributed by atoms with Crippen molar-refractivity contribution in [1.29, 1.82) is 0 Å². The molecular weight excluding hydrogens is 300 g/mol. The number of aromatic nitrogens is 4. The molecule has 0 spiro atoms. The molecule has 24 heavy (non-hydrogen) atoms. The van der Waals surface area contributed by atoms with Gasteiger partial charge in [-0.05, 0) is 63.6 Å². The monoisotopic (exact) mass is 320 g/mol. The molecule has 3 heterocycles. The van der Waals surface area contributed by atoms with Gasteiger partial charge in [-0.15, -0.1) is 0 Å². The molecule has 0 saturated heterocycles. The van der Waals surface area contributed by atoms with Gasteiger partial charge in [0.2, 0.25) is 0 Å². The van der Waals surface area contributed by atoms with E-state index < -0.39 is 0 Å². The largest absolute Gasteiger partial charge is 0.463 e. The smallest absolute Gasteiger partial charge is 0.159 e. The number of benzene rings is 1. The van der Waals surface area contributed by atoms with Crippen LogP contribution in [0, 0.1) is 6.92 Å². The second-order valence-electron chi connectivity index (χ2n) is 7.08. The maximum absolute atomic E-state index is 5.59. The van der Waals surface area contributed by atoms with Crippen molar-refractivity contribution in [1.82, 2.24) is 19.7 Å². The van der Waals surface area contributed by atoms with Gasteiger partial charge in [0, 0.05) is 0 Å². The number of hydrogen-bond acceptors (Lipinski definition) is 3. The molecule has 0 saturated carbocycles. The third-order valence-electron chi connectivity index (χ3n) is 4.00. The second kappa shape index (κ2) is 5.09. The Labute approximate surface area is 140 Å². The van der Waals surface area contributed by atoms with E-state index >= 15 is 0 Å². The molecule has 5 heteroatoms. The molecule has 0 aliphatic carbocycles. The van der Waals surface area contributed by atoms with Crippen molar-refractivity contribution in [2.24, 2.45) is 0 Å². The van der Waals surface area contributed by atoms with Crippen LogP contribution in [-0.4, -0.2) is 19.7 Å². The first-order valence-corrected chi connectivity index (χ1v) is 8.03. The molecule has 0 atom stereocenters. The fourth-order valence-corrected chi connectivity index (χ4v) is 2.85. The first-order chi connectivity index (χ1) is 11.4. The van der Waals surface area contributed by atoms with Crippen molar-refractivity contribution in [2.45, 2.75) is 33.2 Å². The van der Waals surface area contributed by atoms with Crippen LogP contribution in [0.4, 0.5) is 0 Å². The molecule has 0 bridgehead atoms. The Hall–Kier alpha value is -2.82. The Kier molecular flexibility index (Phi) is 3.13. The Morgan fingerprint density at radius 1 is 1.12 bits per heavy atom. The zero-order valence-corrected chi connectivity index (χ0v) is 14.3. The van der Waals surface area contributed by atoms with Crippen molar-refractivity contribution >= 4 is 11.0 Å². The Bertz CT molecular complexity index is 1000. The molecule has 4 rings (SSSR count). The number of aryl methyl sites for hydroxylation is 1. The molecule has 3 aromatic heterocycles.